The first-order valence-electron chi connectivity index (χ1n) is 19.2. The van der Waals surface area contributed by atoms with Gasteiger partial charge in [0, 0.05) is 18.9 Å². The van der Waals surface area contributed by atoms with E-state index in [9.17, 15) is 19.5 Å². The molecule has 1 atom stereocenters. The third-order valence-corrected chi connectivity index (χ3v) is 8.77. The number of hydrogen-bond donors (Lipinski definition) is 1. The molecule has 0 aromatic heterocycles. The predicted molar refractivity (Wildman–Crippen MR) is 187 cm³/mol. The fourth-order valence-electron chi connectivity index (χ4n) is 5.80. The van der Waals surface area contributed by atoms with Crippen LogP contribution in [-0.4, -0.2) is 60.3 Å². The van der Waals surface area contributed by atoms with Gasteiger partial charge in [0.25, 0.3) is 0 Å². The molecule has 0 aliphatic carbocycles. The number of carboxylic acids is 1. The number of carbonyl (C=O) groups is 3. The lowest BCUT2D eigenvalue weighted by Crippen LogP contribution is -2.36. The lowest BCUT2D eigenvalue weighted by Gasteiger charge is -2.28. The Hall–Kier alpha value is -1.63. The van der Waals surface area contributed by atoms with Crippen LogP contribution in [0.5, 0.6) is 0 Å². The molecule has 0 heterocycles. The van der Waals surface area contributed by atoms with Gasteiger partial charge in [-0.25, -0.2) is 0 Å². The standard InChI is InChI=1S/C38H73NO6/c1-4-6-8-10-20-26-32-44-37(42)28-22-16-12-14-18-24-30-39(35(3)34-36(40)41)31-25-19-15-13-17-23-29-38(43)45-33-27-21-11-9-7-5-2/h35H,4-34H2,1-3H3,(H,40,41). The molecular weight excluding hydrogens is 566 g/mol. The van der Waals surface area contributed by atoms with Crippen LogP contribution in [-0.2, 0) is 23.9 Å². The van der Waals surface area contributed by atoms with E-state index >= 15 is 0 Å². The smallest absolute Gasteiger partial charge is 0.305 e. The molecule has 0 saturated heterocycles. The number of ether oxygens (including phenoxy) is 2. The normalized spacial score (nSPS) is 12.0. The van der Waals surface area contributed by atoms with Crippen LogP contribution in [0.4, 0.5) is 0 Å². The highest BCUT2D eigenvalue weighted by molar-refractivity contribution is 5.69. The Bertz CT molecular complexity index is 639. The van der Waals surface area contributed by atoms with Gasteiger partial charge < -0.3 is 19.5 Å². The summed E-state index contributed by atoms with van der Waals surface area (Å²) in [6.07, 6.45) is 28.6. The topological polar surface area (TPSA) is 93.1 Å². The van der Waals surface area contributed by atoms with E-state index in [2.05, 4.69) is 18.7 Å². The minimum atomic E-state index is -0.733. The molecule has 0 amide bonds. The van der Waals surface area contributed by atoms with E-state index in [1.54, 1.807) is 0 Å². The molecule has 0 aliphatic heterocycles. The number of carbonyl (C=O) groups excluding carboxylic acids is 2. The maximum Gasteiger partial charge on any atom is 0.305 e. The zero-order valence-corrected chi connectivity index (χ0v) is 29.9. The Labute approximate surface area is 278 Å². The van der Waals surface area contributed by atoms with Crippen LogP contribution in [0.15, 0.2) is 0 Å². The lowest BCUT2D eigenvalue weighted by atomic mass is 10.1. The second-order valence-corrected chi connectivity index (χ2v) is 13.2. The molecular formula is C38H73NO6. The number of carboxylic acid groups (broad SMARTS) is 1. The summed E-state index contributed by atoms with van der Waals surface area (Å²) >= 11 is 0. The van der Waals surface area contributed by atoms with E-state index in [-0.39, 0.29) is 24.4 Å². The number of nitrogens with zero attached hydrogens (tertiary/aromatic N) is 1. The molecule has 0 spiro atoms. The SMILES string of the molecule is CCCCCCCCOC(=O)CCCCCCCCN(CCCCCCCCC(=O)OCCCCCCCC)C(C)CC(=O)O. The van der Waals surface area contributed by atoms with E-state index in [4.69, 9.17) is 9.47 Å². The molecule has 0 radical (unpaired) electrons. The average molecular weight is 640 g/mol. The maximum atomic E-state index is 11.9. The van der Waals surface area contributed by atoms with Gasteiger partial charge in [0.2, 0.25) is 0 Å². The average Bonchev–Trinajstić information content (AvgIpc) is 3.01. The van der Waals surface area contributed by atoms with Crippen molar-refractivity contribution in [3.8, 4) is 0 Å². The molecule has 45 heavy (non-hydrogen) atoms. The van der Waals surface area contributed by atoms with Gasteiger partial charge >= 0.3 is 17.9 Å². The largest absolute Gasteiger partial charge is 0.481 e. The first-order valence-corrected chi connectivity index (χ1v) is 19.2. The summed E-state index contributed by atoms with van der Waals surface area (Å²) < 4.78 is 10.7. The van der Waals surface area contributed by atoms with Crippen molar-refractivity contribution in [3.63, 3.8) is 0 Å². The van der Waals surface area contributed by atoms with E-state index < -0.39 is 5.97 Å². The second kappa shape index (κ2) is 33.7. The summed E-state index contributed by atoms with van der Waals surface area (Å²) in [4.78, 5) is 37.5. The van der Waals surface area contributed by atoms with Crippen LogP contribution in [0.3, 0.4) is 0 Å². The Kier molecular flexibility index (Phi) is 32.5. The maximum absolute atomic E-state index is 11.9. The van der Waals surface area contributed by atoms with Gasteiger partial charge in [-0.3, -0.25) is 14.4 Å². The molecule has 0 aliphatic rings. The zero-order valence-electron chi connectivity index (χ0n) is 29.9. The Morgan fingerprint density at radius 1 is 0.511 bits per heavy atom. The summed E-state index contributed by atoms with van der Waals surface area (Å²) in [7, 11) is 0. The van der Waals surface area contributed by atoms with Crippen LogP contribution in [0, 0.1) is 0 Å². The van der Waals surface area contributed by atoms with Crippen molar-refractivity contribution in [2.45, 2.75) is 200 Å². The quantitative estimate of drug-likeness (QED) is 0.0545. The molecule has 0 saturated carbocycles. The van der Waals surface area contributed by atoms with Gasteiger partial charge in [-0.2, -0.15) is 0 Å². The first kappa shape index (κ1) is 43.4. The van der Waals surface area contributed by atoms with Gasteiger partial charge in [0.15, 0.2) is 0 Å². The number of rotatable bonds is 35. The molecule has 1 N–H and O–H groups in total. The zero-order chi connectivity index (χ0) is 33.2. The van der Waals surface area contributed by atoms with E-state index in [0.717, 1.165) is 116 Å². The monoisotopic (exact) mass is 640 g/mol. The third-order valence-electron chi connectivity index (χ3n) is 8.77. The molecule has 0 aromatic rings. The fourth-order valence-corrected chi connectivity index (χ4v) is 5.80. The van der Waals surface area contributed by atoms with Gasteiger partial charge in [-0.15, -0.1) is 0 Å². The van der Waals surface area contributed by atoms with E-state index in [1.807, 2.05) is 6.92 Å². The highest BCUT2D eigenvalue weighted by Crippen LogP contribution is 2.14. The minimum Gasteiger partial charge on any atom is -0.481 e. The first-order chi connectivity index (χ1) is 21.9. The Morgan fingerprint density at radius 3 is 1.22 bits per heavy atom. The summed E-state index contributed by atoms with van der Waals surface area (Å²) in [5, 5.41) is 9.30. The summed E-state index contributed by atoms with van der Waals surface area (Å²) in [5.74, 6) is -0.834. The van der Waals surface area contributed by atoms with Crippen LogP contribution in [0.1, 0.15) is 194 Å². The number of hydrogen-bond acceptors (Lipinski definition) is 6. The number of esters is 2. The molecule has 0 aromatic carbocycles. The van der Waals surface area contributed by atoms with Gasteiger partial charge in [0.1, 0.15) is 0 Å². The number of unbranched alkanes of at least 4 members (excludes halogenated alkanes) is 20. The van der Waals surface area contributed by atoms with Crippen molar-refractivity contribution < 1.29 is 29.0 Å². The van der Waals surface area contributed by atoms with Crippen LogP contribution in [0.2, 0.25) is 0 Å². The summed E-state index contributed by atoms with van der Waals surface area (Å²) in [6, 6.07) is 0.0483. The molecule has 266 valence electrons. The highest BCUT2D eigenvalue weighted by atomic mass is 16.5. The van der Waals surface area contributed by atoms with Crippen molar-refractivity contribution in [1.82, 2.24) is 4.90 Å². The fraction of sp³-hybridized carbons (Fsp3) is 0.921. The second-order valence-electron chi connectivity index (χ2n) is 13.2. The van der Waals surface area contributed by atoms with Crippen molar-refractivity contribution in [1.29, 1.82) is 0 Å². The molecule has 7 nitrogen and oxygen atoms in total. The molecule has 0 fully saturated rings. The number of aliphatic carboxylic acids is 1. The summed E-state index contributed by atoms with van der Waals surface area (Å²) in [5.41, 5.74) is 0. The van der Waals surface area contributed by atoms with E-state index in [0.29, 0.717) is 26.1 Å². The van der Waals surface area contributed by atoms with Gasteiger partial charge in [0.05, 0.1) is 19.6 Å². The van der Waals surface area contributed by atoms with Crippen LogP contribution in [0.25, 0.3) is 0 Å². The third kappa shape index (κ3) is 32.1. The van der Waals surface area contributed by atoms with Gasteiger partial charge in [-0.1, -0.05) is 129 Å². The van der Waals surface area contributed by atoms with Crippen molar-refractivity contribution in [2.24, 2.45) is 0 Å². The Morgan fingerprint density at radius 2 is 0.844 bits per heavy atom. The minimum absolute atomic E-state index is 0.0483. The van der Waals surface area contributed by atoms with Gasteiger partial charge in [-0.05, 0) is 58.5 Å². The van der Waals surface area contributed by atoms with Crippen molar-refractivity contribution >= 4 is 17.9 Å². The molecule has 1 unspecified atom stereocenters. The molecule has 0 rings (SSSR count). The van der Waals surface area contributed by atoms with E-state index in [1.165, 1.54) is 51.4 Å². The van der Waals surface area contributed by atoms with Crippen molar-refractivity contribution in [2.75, 3.05) is 26.3 Å². The molecule has 7 heteroatoms. The molecule has 0 bridgehead atoms. The van der Waals surface area contributed by atoms with Crippen molar-refractivity contribution in [3.05, 3.63) is 0 Å². The predicted octanol–water partition coefficient (Wildman–Crippen LogP) is 10.4. The lowest BCUT2D eigenvalue weighted by molar-refractivity contribution is -0.144. The van der Waals surface area contributed by atoms with Crippen LogP contribution < -0.4 is 0 Å². The van der Waals surface area contributed by atoms with Crippen LogP contribution >= 0.6 is 0 Å². The summed E-state index contributed by atoms with van der Waals surface area (Å²) in [6.45, 7) is 9.49. The highest BCUT2D eigenvalue weighted by Gasteiger charge is 2.16. The Balaban J connectivity index is 3.84.